The highest BCUT2D eigenvalue weighted by atomic mass is 19.1. The Bertz CT molecular complexity index is 999. The molecule has 32 heavy (non-hydrogen) atoms. The minimum absolute atomic E-state index is 0.0714. The number of phenols is 1. The summed E-state index contributed by atoms with van der Waals surface area (Å²) in [6.45, 7) is 1.12. The number of hydrogen-bond donors (Lipinski definition) is 4. The molecule has 0 saturated carbocycles. The number of aromatic hydroxyl groups is 1. The van der Waals surface area contributed by atoms with Crippen molar-refractivity contribution in [3.05, 3.63) is 65.2 Å². The van der Waals surface area contributed by atoms with E-state index in [0.717, 1.165) is 10.5 Å². The molecule has 2 aromatic rings. The van der Waals surface area contributed by atoms with Crippen molar-refractivity contribution >= 4 is 17.8 Å². The predicted molar refractivity (Wildman–Crippen MR) is 113 cm³/mol. The van der Waals surface area contributed by atoms with Crippen LogP contribution in [0.5, 0.6) is 5.75 Å². The number of alkyl halides is 1. The Morgan fingerprint density at radius 2 is 1.84 bits per heavy atom. The predicted octanol–water partition coefficient (Wildman–Crippen LogP) is 1.43. The van der Waals surface area contributed by atoms with Crippen LogP contribution in [0.3, 0.4) is 0 Å². The number of rotatable bonds is 7. The van der Waals surface area contributed by atoms with Crippen molar-refractivity contribution in [3.8, 4) is 5.75 Å². The number of phenolic OH excluding ortho intramolecular Hbond substituents is 1. The third-order valence-electron chi connectivity index (χ3n) is 5.62. The summed E-state index contributed by atoms with van der Waals surface area (Å²) in [5.74, 6) is -3.02. The average molecular weight is 444 g/mol. The number of likely N-dealkylation sites (tertiary alicyclic amines) is 1. The van der Waals surface area contributed by atoms with E-state index in [1.54, 1.807) is 37.3 Å². The molecule has 170 valence electrons. The molecule has 2 aromatic carbocycles. The summed E-state index contributed by atoms with van der Waals surface area (Å²) in [7, 11) is 0. The van der Waals surface area contributed by atoms with Crippen molar-refractivity contribution in [2.24, 2.45) is 0 Å². The number of aliphatic hydroxyl groups is 1. The van der Waals surface area contributed by atoms with Crippen LogP contribution in [0.25, 0.3) is 0 Å². The molecule has 1 aliphatic heterocycles. The Morgan fingerprint density at radius 1 is 1.16 bits per heavy atom. The number of halogens is 1. The van der Waals surface area contributed by atoms with Crippen molar-refractivity contribution < 1.29 is 34.1 Å². The number of carbonyl (C=O) groups is 3. The molecule has 3 rings (SSSR count). The Balaban J connectivity index is 1.86. The van der Waals surface area contributed by atoms with Crippen LogP contribution >= 0.6 is 0 Å². The summed E-state index contributed by atoms with van der Waals surface area (Å²) in [5, 5.41) is 32.7. The van der Waals surface area contributed by atoms with Gasteiger partial charge in [-0.1, -0.05) is 36.4 Å². The van der Waals surface area contributed by atoms with Gasteiger partial charge < -0.3 is 25.5 Å². The van der Waals surface area contributed by atoms with E-state index in [0.29, 0.717) is 5.56 Å². The number of carboxylic acids is 1. The van der Waals surface area contributed by atoms with Crippen LogP contribution in [0.4, 0.5) is 4.39 Å². The second-order valence-corrected chi connectivity index (χ2v) is 7.84. The van der Waals surface area contributed by atoms with Gasteiger partial charge in [0.25, 0.3) is 11.8 Å². The fourth-order valence-electron chi connectivity index (χ4n) is 3.83. The van der Waals surface area contributed by atoms with Crippen molar-refractivity contribution in [3.63, 3.8) is 0 Å². The molecule has 1 heterocycles. The summed E-state index contributed by atoms with van der Waals surface area (Å²) < 4.78 is 13.8. The standard InChI is InChI=1S/C23H25FN2O6/c1-13-16(8-5-9-19(13)27)21(29)25-17(10-14-6-3-2-4-7-14)20(28)22(30)26-12-15(24)11-18(26)23(31)32/h2-9,15,17-18,20,27-28H,10-12H2,1H3,(H,25,29)(H,31,32)/t15-,17-,18-,20-/m0/s1. The summed E-state index contributed by atoms with van der Waals surface area (Å²) >= 11 is 0. The fourth-order valence-corrected chi connectivity index (χ4v) is 3.83. The molecule has 4 N–H and O–H groups in total. The van der Waals surface area contributed by atoms with Gasteiger partial charge in [0.15, 0.2) is 6.10 Å². The number of nitrogens with one attached hydrogen (secondary N) is 1. The number of aliphatic carboxylic acids is 1. The van der Waals surface area contributed by atoms with E-state index in [4.69, 9.17) is 0 Å². The van der Waals surface area contributed by atoms with Gasteiger partial charge in [0.1, 0.15) is 18.0 Å². The van der Waals surface area contributed by atoms with Gasteiger partial charge in [-0.05, 0) is 31.0 Å². The zero-order valence-corrected chi connectivity index (χ0v) is 17.4. The van der Waals surface area contributed by atoms with Gasteiger partial charge in [-0.3, -0.25) is 9.59 Å². The molecule has 1 aliphatic rings. The first-order valence-electron chi connectivity index (χ1n) is 10.2. The van der Waals surface area contributed by atoms with Crippen LogP contribution in [0, 0.1) is 6.92 Å². The number of carbonyl (C=O) groups excluding carboxylic acids is 2. The van der Waals surface area contributed by atoms with E-state index in [1.807, 2.05) is 0 Å². The van der Waals surface area contributed by atoms with Gasteiger partial charge in [-0.25, -0.2) is 9.18 Å². The van der Waals surface area contributed by atoms with E-state index in [9.17, 15) is 34.1 Å². The maximum absolute atomic E-state index is 13.8. The molecule has 4 atom stereocenters. The minimum atomic E-state index is -1.80. The third-order valence-corrected chi connectivity index (χ3v) is 5.62. The van der Waals surface area contributed by atoms with Crippen LogP contribution < -0.4 is 5.32 Å². The number of nitrogens with zero attached hydrogens (tertiary/aromatic N) is 1. The molecule has 0 aliphatic carbocycles. The molecule has 8 nitrogen and oxygen atoms in total. The molecule has 0 aromatic heterocycles. The highest BCUT2D eigenvalue weighted by Gasteiger charge is 2.43. The molecule has 1 fully saturated rings. The third kappa shape index (κ3) is 5.05. The number of aliphatic hydroxyl groups excluding tert-OH is 1. The second kappa shape index (κ2) is 9.78. The lowest BCUT2D eigenvalue weighted by Gasteiger charge is -2.29. The Hall–Kier alpha value is -3.46. The average Bonchev–Trinajstić information content (AvgIpc) is 3.17. The van der Waals surface area contributed by atoms with Crippen LogP contribution in [0.2, 0.25) is 0 Å². The smallest absolute Gasteiger partial charge is 0.326 e. The number of carboxylic acid groups (broad SMARTS) is 1. The Labute approximate surface area is 184 Å². The SMILES string of the molecule is Cc1c(O)cccc1C(=O)N[C@@H](Cc1ccccc1)[C@H](O)C(=O)N1C[C@@H](F)C[C@H]1C(=O)O. The maximum Gasteiger partial charge on any atom is 0.326 e. The number of benzene rings is 2. The van der Waals surface area contributed by atoms with Crippen molar-refractivity contribution in [2.75, 3.05) is 6.54 Å². The molecule has 2 amide bonds. The van der Waals surface area contributed by atoms with E-state index in [1.165, 1.54) is 18.2 Å². The topological polar surface area (TPSA) is 127 Å². The van der Waals surface area contributed by atoms with Crippen LogP contribution in [-0.2, 0) is 16.0 Å². The van der Waals surface area contributed by atoms with Crippen molar-refractivity contribution in [1.82, 2.24) is 10.2 Å². The molecule has 0 unspecified atom stereocenters. The normalized spacial score (nSPS) is 19.9. The second-order valence-electron chi connectivity index (χ2n) is 7.84. The summed E-state index contributed by atoms with van der Waals surface area (Å²) in [6.07, 6.45) is -3.60. The van der Waals surface area contributed by atoms with E-state index < -0.39 is 48.7 Å². The summed E-state index contributed by atoms with van der Waals surface area (Å²) in [6, 6.07) is 10.7. The summed E-state index contributed by atoms with van der Waals surface area (Å²) in [4.78, 5) is 38.1. The van der Waals surface area contributed by atoms with Crippen LogP contribution in [-0.4, -0.2) is 68.9 Å². The molecular weight excluding hydrogens is 419 g/mol. The van der Waals surface area contributed by atoms with Crippen molar-refractivity contribution in [1.29, 1.82) is 0 Å². The van der Waals surface area contributed by atoms with Gasteiger partial charge in [0.05, 0.1) is 12.6 Å². The minimum Gasteiger partial charge on any atom is -0.508 e. The van der Waals surface area contributed by atoms with Gasteiger partial charge in [-0.15, -0.1) is 0 Å². The first-order chi connectivity index (χ1) is 15.2. The monoisotopic (exact) mass is 444 g/mol. The Morgan fingerprint density at radius 3 is 2.50 bits per heavy atom. The Kier molecular flexibility index (Phi) is 7.09. The molecular formula is C23H25FN2O6. The maximum atomic E-state index is 13.8. The number of amides is 2. The molecule has 9 heteroatoms. The molecule has 0 radical (unpaired) electrons. The zero-order chi connectivity index (χ0) is 23.4. The molecule has 0 spiro atoms. The van der Waals surface area contributed by atoms with Gasteiger partial charge in [0, 0.05) is 17.5 Å². The van der Waals surface area contributed by atoms with Gasteiger partial charge in [-0.2, -0.15) is 0 Å². The van der Waals surface area contributed by atoms with E-state index in [2.05, 4.69) is 5.32 Å². The molecule has 1 saturated heterocycles. The fraction of sp³-hybridized carbons (Fsp3) is 0.348. The van der Waals surface area contributed by atoms with Crippen LogP contribution in [0.1, 0.15) is 27.9 Å². The van der Waals surface area contributed by atoms with Crippen LogP contribution in [0.15, 0.2) is 48.5 Å². The zero-order valence-electron chi connectivity index (χ0n) is 17.4. The largest absolute Gasteiger partial charge is 0.508 e. The lowest BCUT2D eigenvalue weighted by molar-refractivity contribution is -0.152. The van der Waals surface area contributed by atoms with E-state index in [-0.39, 0.29) is 24.2 Å². The first-order valence-corrected chi connectivity index (χ1v) is 10.2. The summed E-state index contributed by atoms with van der Waals surface area (Å²) in [5.41, 5.74) is 1.21. The van der Waals surface area contributed by atoms with E-state index >= 15 is 0 Å². The lowest BCUT2D eigenvalue weighted by Crippen LogP contribution is -2.54. The lowest BCUT2D eigenvalue weighted by atomic mass is 9.98. The first kappa shape index (κ1) is 23.2. The van der Waals surface area contributed by atoms with Crippen molar-refractivity contribution in [2.45, 2.75) is 44.1 Å². The number of hydrogen-bond acceptors (Lipinski definition) is 5. The van der Waals surface area contributed by atoms with Gasteiger partial charge >= 0.3 is 5.97 Å². The highest BCUT2D eigenvalue weighted by Crippen LogP contribution is 2.23. The quantitative estimate of drug-likeness (QED) is 0.512. The van der Waals surface area contributed by atoms with Gasteiger partial charge in [0.2, 0.25) is 0 Å². The molecule has 0 bridgehead atoms. The highest BCUT2D eigenvalue weighted by molar-refractivity contribution is 5.97.